The van der Waals surface area contributed by atoms with Crippen molar-refractivity contribution in [2.75, 3.05) is 19.7 Å². The molecule has 17 heavy (non-hydrogen) atoms. The van der Waals surface area contributed by atoms with Gasteiger partial charge in [-0.1, -0.05) is 0 Å². The van der Waals surface area contributed by atoms with Crippen molar-refractivity contribution in [2.24, 2.45) is 11.8 Å². The average Bonchev–Trinajstić information content (AvgIpc) is 2.85. The van der Waals surface area contributed by atoms with Crippen LogP contribution in [0.1, 0.15) is 33.6 Å². The first kappa shape index (κ1) is 12.8. The van der Waals surface area contributed by atoms with Crippen LogP contribution in [0.25, 0.3) is 0 Å². The second-order valence-electron chi connectivity index (χ2n) is 6.02. The summed E-state index contributed by atoms with van der Waals surface area (Å²) < 4.78 is 11.2. The lowest BCUT2D eigenvalue weighted by Gasteiger charge is -2.26. The zero-order valence-corrected chi connectivity index (χ0v) is 11.0. The largest absolute Gasteiger partial charge is 0.460 e. The third-order valence-corrected chi connectivity index (χ3v) is 3.41. The van der Waals surface area contributed by atoms with Crippen molar-refractivity contribution < 1.29 is 14.3 Å². The van der Waals surface area contributed by atoms with Crippen LogP contribution in [0.4, 0.5) is 0 Å². The first-order valence-electron chi connectivity index (χ1n) is 6.52. The summed E-state index contributed by atoms with van der Waals surface area (Å²) in [6.45, 7) is 8.41. The van der Waals surface area contributed by atoms with Crippen molar-refractivity contribution >= 4 is 5.97 Å². The fourth-order valence-electron chi connectivity index (χ4n) is 2.66. The van der Waals surface area contributed by atoms with Crippen LogP contribution < -0.4 is 5.32 Å². The van der Waals surface area contributed by atoms with E-state index in [0.717, 1.165) is 25.9 Å². The van der Waals surface area contributed by atoms with Gasteiger partial charge < -0.3 is 14.8 Å². The van der Waals surface area contributed by atoms with E-state index >= 15 is 0 Å². The zero-order valence-electron chi connectivity index (χ0n) is 11.0. The van der Waals surface area contributed by atoms with E-state index in [2.05, 4.69) is 5.32 Å². The molecule has 2 fully saturated rings. The molecule has 3 atom stereocenters. The quantitative estimate of drug-likeness (QED) is 0.741. The minimum absolute atomic E-state index is 0.0554. The Bertz CT molecular complexity index is 279. The van der Waals surface area contributed by atoms with Crippen LogP contribution >= 0.6 is 0 Å². The molecule has 2 heterocycles. The van der Waals surface area contributed by atoms with Crippen molar-refractivity contribution in [1.82, 2.24) is 5.32 Å². The lowest BCUT2D eigenvalue weighted by molar-refractivity contribution is -0.162. The van der Waals surface area contributed by atoms with Crippen molar-refractivity contribution in [2.45, 2.75) is 45.3 Å². The van der Waals surface area contributed by atoms with Crippen molar-refractivity contribution in [1.29, 1.82) is 0 Å². The van der Waals surface area contributed by atoms with E-state index in [1.54, 1.807) is 0 Å². The SMILES string of the molecule is CC(C)(C)OC(=O)[C@@H]1CCO[C@H]1C1CCNC1. The number of nitrogens with one attached hydrogen (secondary N) is 1. The molecule has 2 aliphatic rings. The summed E-state index contributed by atoms with van der Waals surface area (Å²) in [4.78, 5) is 12.1. The van der Waals surface area contributed by atoms with Gasteiger partial charge in [0.25, 0.3) is 0 Å². The highest BCUT2D eigenvalue weighted by atomic mass is 16.6. The number of esters is 1. The topological polar surface area (TPSA) is 47.6 Å². The maximum Gasteiger partial charge on any atom is 0.312 e. The molecule has 0 aliphatic carbocycles. The van der Waals surface area contributed by atoms with Gasteiger partial charge in [-0.15, -0.1) is 0 Å². The summed E-state index contributed by atoms with van der Waals surface area (Å²) in [5, 5.41) is 3.32. The molecule has 0 aromatic rings. The van der Waals surface area contributed by atoms with E-state index in [0.29, 0.717) is 12.5 Å². The Kier molecular flexibility index (Phi) is 3.73. The lowest BCUT2D eigenvalue weighted by atomic mass is 9.90. The molecule has 1 unspecified atom stereocenters. The van der Waals surface area contributed by atoms with Gasteiger partial charge in [-0.3, -0.25) is 4.79 Å². The molecular formula is C13H23NO3. The minimum Gasteiger partial charge on any atom is -0.460 e. The molecule has 0 amide bonds. The lowest BCUT2D eigenvalue weighted by Crippen LogP contribution is -2.36. The van der Waals surface area contributed by atoms with E-state index in [-0.39, 0.29) is 18.0 Å². The summed E-state index contributed by atoms with van der Waals surface area (Å²) >= 11 is 0. The van der Waals surface area contributed by atoms with Crippen LogP contribution in [0.5, 0.6) is 0 Å². The first-order chi connectivity index (χ1) is 7.97. The van der Waals surface area contributed by atoms with E-state index in [1.807, 2.05) is 20.8 Å². The van der Waals surface area contributed by atoms with Gasteiger partial charge in [-0.2, -0.15) is 0 Å². The van der Waals surface area contributed by atoms with Crippen LogP contribution in [0.2, 0.25) is 0 Å². The number of rotatable bonds is 2. The molecule has 2 rings (SSSR count). The molecule has 2 aliphatic heterocycles. The maximum absolute atomic E-state index is 12.1. The monoisotopic (exact) mass is 241 g/mol. The number of hydrogen-bond acceptors (Lipinski definition) is 4. The standard InChI is InChI=1S/C13H23NO3/c1-13(2,3)17-12(15)10-5-7-16-11(10)9-4-6-14-8-9/h9-11,14H,4-8H2,1-3H3/t9?,10-,11+/m1/s1. The van der Waals surface area contributed by atoms with Gasteiger partial charge in [0, 0.05) is 13.2 Å². The number of hydrogen-bond donors (Lipinski definition) is 1. The Morgan fingerprint density at radius 2 is 2.12 bits per heavy atom. The smallest absolute Gasteiger partial charge is 0.312 e. The third-order valence-electron chi connectivity index (χ3n) is 3.41. The molecule has 0 aromatic carbocycles. The molecule has 4 heteroatoms. The second kappa shape index (κ2) is 4.94. The van der Waals surface area contributed by atoms with E-state index in [1.165, 1.54) is 0 Å². The van der Waals surface area contributed by atoms with E-state index in [9.17, 15) is 4.79 Å². The van der Waals surface area contributed by atoms with Gasteiger partial charge in [0.05, 0.1) is 12.0 Å². The highest BCUT2D eigenvalue weighted by Crippen LogP contribution is 2.32. The Morgan fingerprint density at radius 3 is 2.71 bits per heavy atom. The third kappa shape index (κ3) is 3.19. The number of ether oxygens (including phenoxy) is 2. The van der Waals surface area contributed by atoms with Crippen LogP contribution in [-0.2, 0) is 14.3 Å². The predicted molar refractivity (Wildman–Crippen MR) is 64.7 cm³/mol. The molecule has 0 aromatic heterocycles. The molecule has 1 N–H and O–H groups in total. The molecular weight excluding hydrogens is 218 g/mol. The minimum atomic E-state index is -0.405. The molecule has 2 saturated heterocycles. The predicted octanol–water partition coefficient (Wildman–Crippen LogP) is 1.34. The Labute approximate surface area is 103 Å². The zero-order chi connectivity index (χ0) is 12.5. The van der Waals surface area contributed by atoms with Gasteiger partial charge >= 0.3 is 5.97 Å². The summed E-state index contributed by atoms with van der Waals surface area (Å²) in [6.07, 6.45) is 1.96. The van der Waals surface area contributed by atoms with Gasteiger partial charge in [-0.05, 0) is 46.1 Å². The summed E-state index contributed by atoms with van der Waals surface area (Å²) in [5.74, 6) is 0.307. The summed E-state index contributed by atoms with van der Waals surface area (Å²) in [6, 6.07) is 0. The summed E-state index contributed by atoms with van der Waals surface area (Å²) in [7, 11) is 0. The fraction of sp³-hybridized carbons (Fsp3) is 0.923. The Hall–Kier alpha value is -0.610. The van der Waals surface area contributed by atoms with Gasteiger partial charge in [-0.25, -0.2) is 0 Å². The number of carbonyl (C=O) groups excluding carboxylic acids is 1. The average molecular weight is 241 g/mol. The molecule has 0 radical (unpaired) electrons. The van der Waals surface area contributed by atoms with Crippen molar-refractivity contribution in [3.8, 4) is 0 Å². The molecule has 0 saturated carbocycles. The van der Waals surface area contributed by atoms with Crippen molar-refractivity contribution in [3.63, 3.8) is 0 Å². The molecule has 0 bridgehead atoms. The van der Waals surface area contributed by atoms with Crippen LogP contribution in [0, 0.1) is 11.8 Å². The maximum atomic E-state index is 12.1. The first-order valence-corrected chi connectivity index (χ1v) is 6.52. The van der Waals surface area contributed by atoms with E-state index < -0.39 is 5.60 Å². The van der Waals surface area contributed by atoms with Crippen LogP contribution in [0.3, 0.4) is 0 Å². The van der Waals surface area contributed by atoms with Crippen LogP contribution in [-0.4, -0.2) is 37.4 Å². The van der Waals surface area contributed by atoms with Crippen LogP contribution in [0.15, 0.2) is 0 Å². The van der Waals surface area contributed by atoms with Crippen molar-refractivity contribution in [3.05, 3.63) is 0 Å². The highest BCUT2D eigenvalue weighted by Gasteiger charge is 2.41. The fourth-order valence-corrected chi connectivity index (χ4v) is 2.66. The number of carbonyl (C=O) groups is 1. The molecule has 4 nitrogen and oxygen atoms in total. The Balaban J connectivity index is 1.96. The molecule has 0 spiro atoms. The highest BCUT2D eigenvalue weighted by molar-refractivity contribution is 5.74. The van der Waals surface area contributed by atoms with Gasteiger partial charge in [0.2, 0.25) is 0 Å². The van der Waals surface area contributed by atoms with E-state index in [4.69, 9.17) is 9.47 Å². The summed E-state index contributed by atoms with van der Waals surface area (Å²) in [5.41, 5.74) is -0.405. The van der Waals surface area contributed by atoms with Gasteiger partial charge in [0.15, 0.2) is 0 Å². The Morgan fingerprint density at radius 1 is 1.35 bits per heavy atom. The van der Waals surface area contributed by atoms with Gasteiger partial charge in [0.1, 0.15) is 5.60 Å². The second-order valence-corrected chi connectivity index (χ2v) is 6.02. The normalized spacial score (nSPS) is 33.9. The molecule has 98 valence electrons.